The average Bonchev–Trinajstić information content (AvgIpc) is 2.25. The fraction of sp³-hybridized carbons (Fsp3) is 0.333. The third-order valence-electron chi connectivity index (χ3n) is 2.33. The van der Waals surface area contributed by atoms with E-state index in [4.69, 9.17) is 5.73 Å². The summed E-state index contributed by atoms with van der Waals surface area (Å²) in [4.78, 5) is 8.64. The zero-order valence-electron chi connectivity index (χ0n) is 10.5. The van der Waals surface area contributed by atoms with Crippen molar-refractivity contribution < 1.29 is 0 Å². The van der Waals surface area contributed by atoms with E-state index < -0.39 is 5.66 Å². The van der Waals surface area contributed by atoms with Crippen molar-refractivity contribution in [3.8, 4) is 0 Å². The number of guanidine groups is 2. The molecular formula is C12H18ClN5. The van der Waals surface area contributed by atoms with E-state index in [9.17, 15) is 0 Å². The Morgan fingerprint density at radius 1 is 1.28 bits per heavy atom. The summed E-state index contributed by atoms with van der Waals surface area (Å²) in [5, 5.41) is 6.07. The molecule has 6 heteroatoms. The van der Waals surface area contributed by atoms with Gasteiger partial charge < -0.3 is 11.1 Å². The lowest BCUT2D eigenvalue weighted by Gasteiger charge is -2.29. The summed E-state index contributed by atoms with van der Waals surface area (Å²) >= 11 is 0. The number of hydrogen-bond acceptors (Lipinski definition) is 3. The first kappa shape index (κ1) is 14.3. The molecular weight excluding hydrogens is 250 g/mol. The van der Waals surface area contributed by atoms with E-state index in [-0.39, 0.29) is 12.4 Å². The van der Waals surface area contributed by atoms with E-state index in [1.807, 2.05) is 44.2 Å². The second kappa shape index (κ2) is 5.73. The number of aliphatic imine (C=N–C) groups is 2. The van der Waals surface area contributed by atoms with Crippen molar-refractivity contribution in [1.29, 1.82) is 0 Å². The maximum absolute atomic E-state index is 5.69. The van der Waals surface area contributed by atoms with Crippen LogP contribution < -0.4 is 16.4 Å². The van der Waals surface area contributed by atoms with Gasteiger partial charge in [0.15, 0.2) is 11.9 Å². The molecule has 4 N–H and O–H groups in total. The largest absolute Gasteiger partial charge is 0.370 e. The lowest BCUT2D eigenvalue weighted by atomic mass is 10.2. The summed E-state index contributed by atoms with van der Waals surface area (Å²) in [6, 6.07) is 10.1. The van der Waals surface area contributed by atoms with Crippen molar-refractivity contribution >= 4 is 24.3 Å². The number of nitrogens with two attached hydrogens (primary N) is 1. The van der Waals surface area contributed by atoms with Crippen LogP contribution in [0.3, 0.4) is 0 Å². The van der Waals surface area contributed by atoms with E-state index in [1.54, 1.807) is 0 Å². The minimum atomic E-state index is -0.412. The molecule has 2 rings (SSSR count). The van der Waals surface area contributed by atoms with E-state index in [1.165, 1.54) is 0 Å². The molecule has 0 aliphatic carbocycles. The summed E-state index contributed by atoms with van der Waals surface area (Å²) in [5.41, 5.74) is 6.43. The molecule has 0 unspecified atom stereocenters. The van der Waals surface area contributed by atoms with Gasteiger partial charge >= 0.3 is 0 Å². The molecule has 1 aromatic rings. The highest BCUT2D eigenvalue weighted by atomic mass is 35.5. The van der Waals surface area contributed by atoms with Gasteiger partial charge in [-0.05, 0) is 19.4 Å². The maximum Gasteiger partial charge on any atom is 0.200 e. The van der Waals surface area contributed by atoms with E-state index in [2.05, 4.69) is 20.6 Å². The van der Waals surface area contributed by atoms with Gasteiger partial charge in [0.2, 0.25) is 0 Å². The molecule has 98 valence electrons. The fourth-order valence-corrected chi connectivity index (χ4v) is 1.63. The first-order chi connectivity index (χ1) is 8.05. The molecule has 0 fully saturated rings. The molecule has 0 saturated heterocycles. The van der Waals surface area contributed by atoms with Gasteiger partial charge in [0, 0.05) is 0 Å². The Bertz CT molecular complexity index is 453. The Kier molecular flexibility index (Phi) is 4.55. The van der Waals surface area contributed by atoms with E-state index >= 15 is 0 Å². The predicted molar refractivity (Wildman–Crippen MR) is 76.8 cm³/mol. The third-order valence-corrected chi connectivity index (χ3v) is 2.33. The minimum Gasteiger partial charge on any atom is -0.370 e. The highest BCUT2D eigenvalue weighted by Gasteiger charge is 2.23. The van der Waals surface area contributed by atoms with Gasteiger partial charge in [0.1, 0.15) is 5.66 Å². The molecule has 0 radical (unpaired) electrons. The molecule has 0 aromatic heterocycles. The van der Waals surface area contributed by atoms with Crippen LogP contribution in [0.2, 0.25) is 0 Å². The maximum atomic E-state index is 5.69. The highest BCUT2D eigenvalue weighted by molar-refractivity contribution is 6.00. The molecule has 1 aromatic carbocycles. The quantitative estimate of drug-likeness (QED) is 0.754. The van der Waals surface area contributed by atoms with Crippen LogP contribution in [0.4, 0.5) is 0 Å². The zero-order chi connectivity index (χ0) is 12.3. The van der Waals surface area contributed by atoms with Crippen LogP contribution in [-0.2, 0) is 6.54 Å². The Morgan fingerprint density at radius 2 is 1.94 bits per heavy atom. The van der Waals surface area contributed by atoms with Crippen LogP contribution in [0.25, 0.3) is 0 Å². The monoisotopic (exact) mass is 267 g/mol. The number of hydrogen-bond donors (Lipinski definition) is 3. The van der Waals surface area contributed by atoms with Crippen molar-refractivity contribution in [2.45, 2.75) is 26.1 Å². The van der Waals surface area contributed by atoms with Gasteiger partial charge in [-0.25, -0.2) is 9.98 Å². The predicted octanol–water partition coefficient (Wildman–Crippen LogP) is 1.21. The minimum absolute atomic E-state index is 0. The smallest absolute Gasteiger partial charge is 0.200 e. The SMILES string of the molecule is CC1(C)N=C(N)NC(=NCc2ccccc2)N1.Cl. The molecule has 0 amide bonds. The number of halogens is 1. The van der Waals surface area contributed by atoms with Crippen molar-refractivity contribution in [2.24, 2.45) is 15.7 Å². The topological polar surface area (TPSA) is 74.8 Å². The van der Waals surface area contributed by atoms with Crippen molar-refractivity contribution in [3.05, 3.63) is 35.9 Å². The number of rotatable bonds is 2. The molecule has 1 heterocycles. The third kappa shape index (κ3) is 3.92. The molecule has 5 nitrogen and oxygen atoms in total. The summed E-state index contributed by atoms with van der Waals surface area (Å²) < 4.78 is 0. The zero-order valence-corrected chi connectivity index (χ0v) is 11.3. The van der Waals surface area contributed by atoms with Crippen LogP contribution >= 0.6 is 12.4 Å². The average molecular weight is 268 g/mol. The van der Waals surface area contributed by atoms with Gasteiger partial charge in [-0.1, -0.05) is 30.3 Å². The van der Waals surface area contributed by atoms with Crippen LogP contribution in [0.15, 0.2) is 40.3 Å². The number of nitrogens with zero attached hydrogens (tertiary/aromatic N) is 2. The second-order valence-electron chi connectivity index (χ2n) is 4.46. The first-order valence-corrected chi connectivity index (χ1v) is 5.54. The Labute approximate surface area is 113 Å². The molecule has 0 atom stereocenters. The van der Waals surface area contributed by atoms with Crippen LogP contribution in [-0.4, -0.2) is 17.6 Å². The van der Waals surface area contributed by atoms with Crippen molar-refractivity contribution in [2.75, 3.05) is 0 Å². The molecule has 0 saturated carbocycles. The standard InChI is InChI=1S/C12H17N5.ClH/c1-12(2)16-10(13)15-11(17-12)14-8-9-6-4-3-5-7-9;/h3-7H,8H2,1-2H3,(H4,13,14,15,16,17);1H. The van der Waals surface area contributed by atoms with Crippen LogP contribution in [0.5, 0.6) is 0 Å². The summed E-state index contributed by atoms with van der Waals surface area (Å²) in [5.74, 6) is 1.05. The summed E-state index contributed by atoms with van der Waals surface area (Å²) in [7, 11) is 0. The summed E-state index contributed by atoms with van der Waals surface area (Å²) in [6.07, 6.45) is 0. The van der Waals surface area contributed by atoms with Crippen molar-refractivity contribution in [3.63, 3.8) is 0 Å². The first-order valence-electron chi connectivity index (χ1n) is 5.54. The summed E-state index contributed by atoms with van der Waals surface area (Å²) in [6.45, 7) is 4.50. The van der Waals surface area contributed by atoms with Crippen LogP contribution in [0.1, 0.15) is 19.4 Å². The Balaban J connectivity index is 0.00000162. The molecule has 18 heavy (non-hydrogen) atoms. The molecule has 1 aliphatic rings. The molecule has 0 spiro atoms. The molecule has 0 bridgehead atoms. The number of benzene rings is 1. The lowest BCUT2D eigenvalue weighted by molar-refractivity contribution is 0.467. The Hall–Kier alpha value is -1.75. The van der Waals surface area contributed by atoms with E-state index in [0.29, 0.717) is 18.5 Å². The second-order valence-corrected chi connectivity index (χ2v) is 4.46. The van der Waals surface area contributed by atoms with Gasteiger partial charge in [-0.3, -0.25) is 5.32 Å². The van der Waals surface area contributed by atoms with Crippen LogP contribution in [0, 0.1) is 0 Å². The lowest BCUT2D eigenvalue weighted by Crippen LogP contribution is -2.57. The fourth-order valence-electron chi connectivity index (χ4n) is 1.63. The van der Waals surface area contributed by atoms with Gasteiger partial charge in [0.25, 0.3) is 0 Å². The van der Waals surface area contributed by atoms with E-state index in [0.717, 1.165) is 5.56 Å². The normalized spacial score (nSPS) is 19.2. The highest BCUT2D eigenvalue weighted by Crippen LogP contribution is 2.07. The Morgan fingerprint density at radius 3 is 2.56 bits per heavy atom. The van der Waals surface area contributed by atoms with Crippen molar-refractivity contribution in [1.82, 2.24) is 10.6 Å². The number of nitrogens with one attached hydrogen (secondary N) is 2. The van der Waals surface area contributed by atoms with Gasteiger partial charge in [-0.2, -0.15) is 0 Å². The molecule has 1 aliphatic heterocycles. The van der Waals surface area contributed by atoms with Gasteiger partial charge in [-0.15, -0.1) is 12.4 Å². The van der Waals surface area contributed by atoms with Gasteiger partial charge in [0.05, 0.1) is 6.54 Å².